The van der Waals surface area contributed by atoms with Gasteiger partial charge in [-0.1, -0.05) is 39.8 Å². The van der Waals surface area contributed by atoms with Crippen LogP contribution in [0.4, 0.5) is 0 Å². The topological polar surface area (TPSA) is 21.3 Å². The highest BCUT2D eigenvalue weighted by atomic mass is 16.5. The fourth-order valence-electron chi connectivity index (χ4n) is 1.66. The molecule has 2 nitrogen and oxygen atoms in total. The van der Waals surface area contributed by atoms with E-state index in [-0.39, 0.29) is 11.5 Å². The minimum absolute atomic E-state index is 0.171. The van der Waals surface area contributed by atoms with Crippen molar-refractivity contribution in [3.8, 4) is 5.75 Å². The number of ether oxygens (including phenoxy) is 1. The van der Waals surface area contributed by atoms with Crippen molar-refractivity contribution in [1.82, 2.24) is 5.32 Å². The molecule has 0 bridgehead atoms. The highest BCUT2D eigenvalue weighted by molar-refractivity contribution is 5.32. The SMILES string of the molecule is CCNCC(C)Oc1cccc(C(C)(C)C)c1. The van der Waals surface area contributed by atoms with Gasteiger partial charge in [-0.3, -0.25) is 0 Å². The smallest absolute Gasteiger partial charge is 0.120 e. The van der Waals surface area contributed by atoms with Gasteiger partial charge in [0.1, 0.15) is 11.9 Å². The molecular formula is C15H25NO. The molecule has 1 rings (SSSR count). The molecule has 0 saturated carbocycles. The summed E-state index contributed by atoms with van der Waals surface area (Å²) in [7, 11) is 0. The number of nitrogens with one attached hydrogen (secondary N) is 1. The fraction of sp³-hybridized carbons (Fsp3) is 0.600. The summed E-state index contributed by atoms with van der Waals surface area (Å²) in [6.45, 7) is 12.7. The van der Waals surface area contributed by atoms with Crippen molar-refractivity contribution in [1.29, 1.82) is 0 Å². The molecule has 0 amide bonds. The maximum atomic E-state index is 5.89. The van der Waals surface area contributed by atoms with Crippen LogP contribution < -0.4 is 10.1 Å². The van der Waals surface area contributed by atoms with Crippen molar-refractivity contribution in [2.45, 2.75) is 46.1 Å². The molecule has 1 unspecified atom stereocenters. The Bertz CT molecular complexity index is 341. The van der Waals surface area contributed by atoms with Gasteiger partial charge in [0.05, 0.1) is 0 Å². The minimum Gasteiger partial charge on any atom is -0.489 e. The lowest BCUT2D eigenvalue weighted by atomic mass is 9.87. The Balaban J connectivity index is 2.66. The van der Waals surface area contributed by atoms with Crippen LogP contribution >= 0.6 is 0 Å². The van der Waals surface area contributed by atoms with Crippen molar-refractivity contribution in [2.75, 3.05) is 13.1 Å². The molecule has 17 heavy (non-hydrogen) atoms. The predicted molar refractivity (Wildman–Crippen MR) is 73.8 cm³/mol. The Hall–Kier alpha value is -1.02. The van der Waals surface area contributed by atoms with Crippen molar-refractivity contribution < 1.29 is 4.74 Å². The van der Waals surface area contributed by atoms with Gasteiger partial charge in [0, 0.05) is 6.54 Å². The highest BCUT2D eigenvalue weighted by Crippen LogP contribution is 2.25. The van der Waals surface area contributed by atoms with Crippen molar-refractivity contribution in [3.05, 3.63) is 29.8 Å². The second-order valence-electron chi connectivity index (χ2n) is 5.51. The van der Waals surface area contributed by atoms with Crippen LogP contribution in [-0.4, -0.2) is 19.2 Å². The second-order valence-corrected chi connectivity index (χ2v) is 5.51. The molecule has 0 aromatic heterocycles. The van der Waals surface area contributed by atoms with Crippen LogP contribution in [0.2, 0.25) is 0 Å². The van der Waals surface area contributed by atoms with E-state index in [0.717, 1.165) is 18.8 Å². The quantitative estimate of drug-likeness (QED) is 0.845. The average Bonchev–Trinajstić information content (AvgIpc) is 2.25. The predicted octanol–water partition coefficient (Wildman–Crippen LogP) is 3.36. The van der Waals surface area contributed by atoms with E-state index in [9.17, 15) is 0 Å². The van der Waals surface area contributed by atoms with Gasteiger partial charge >= 0.3 is 0 Å². The number of rotatable bonds is 5. The van der Waals surface area contributed by atoms with E-state index in [1.165, 1.54) is 5.56 Å². The van der Waals surface area contributed by atoms with Crippen LogP contribution in [0.25, 0.3) is 0 Å². The normalized spacial score (nSPS) is 13.5. The zero-order chi connectivity index (χ0) is 12.9. The first-order valence-corrected chi connectivity index (χ1v) is 6.41. The molecule has 0 saturated heterocycles. The van der Waals surface area contributed by atoms with E-state index in [1.807, 2.05) is 6.07 Å². The molecule has 1 N–H and O–H groups in total. The fourth-order valence-corrected chi connectivity index (χ4v) is 1.66. The lowest BCUT2D eigenvalue weighted by molar-refractivity contribution is 0.218. The van der Waals surface area contributed by atoms with Crippen LogP contribution in [0.3, 0.4) is 0 Å². The van der Waals surface area contributed by atoms with Gasteiger partial charge in [-0.15, -0.1) is 0 Å². The van der Waals surface area contributed by atoms with Crippen molar-refractivity contribution in [3.63, 3.8) is 0 Å². The maximum Gasteiger partial charge on any atom is 0.120 e. The third-order valence-electron chi connectivity index (χ3n) is 2.72. The van der Waals surface area contributed by atoms with Gasteiger partial charge in [0.2, 0.25) is 0 Å². The maximum absolute atomic E-state index is 5.89. The first-order chi connectivity index (χ1) is 7.93. The summed E-state index contributed by atoms with van der Waals surface area (Å²) in [5.41, 5.74) is 1.48. The number of hydrogen-bond donors (Lipinski definition) is 1. The standard InChI is InChI=1S/C15H25NO/c1-6-16-11-12(2)17-14-9-7-8-13(10-14)15(3,4)5/h7-10,12,16H,6,11H2,1-5H3. The lowest BCUT2D eigenvalue weighted by Crippen LogP contribution is -2.28. The Morgan fingerprint density at radius 3 is 2.59 bits per heavy atom. The first kappa shape index (κ1) is 14.0. The molecule has 0 heterocycles. The van der Waals surface area contributed by atoms with Crippen LogP contribution in [0.5, 0.6) is 5.75 Å². The molecule has 0 aliphatic rings. The highest BCUT2D eigenvalue weighted by Gasteiger charge is 2.14. The van der Waals surface area contributed by atoms with Crippen molar-refractivity contribution >= 4 is 0 Å². The summed E-state index contributed by atoms with van der Waals surface area (Å²) < 4.78 is 5.89. The monoisotopic (exact) mass is 235 g/mol. The second kappa shape index (κ2) is 6.06. The number of benzene rings is 1. The van der Waals surface area contributed by atoms with Crippen molar-refractivity contribution in [2.24, 2.45) is 0 Å². The summed E-state index contributed by atoms with van der Waals surface area (Å²) >= 11 is 0. The largest absolute Gasteiger partial charge is 0.489 e. The first-order valence-electron chi connectivity index (χ1n) is 6.41. The van der Waals surface area contributed by atoms with Gasteiger partial charge < -0.3 is 10.1 Å². The van der Waals surface area contributed by atoms with E-state index in [2.05, 4.69) is 58.1 Å². The Morgan fingerprint density at radius 2 is 2.00 bits per heavy atom. The van der Waals surface area contributed by atoms with E-state index in [1.54, 1.807) is 0 Å². The van der Waals surface area contributed by atoms with Gasteiger partial charge in [-0.2, -0.15) is 0 Å². The van der Waals surface area contributed by atoms with Gasteiger partial charge in [0.15, 0.2) is 0 Å². The van der Waals surface area contributed by atoms with Gasteiger partial charge in [0.25, 0.3) is 0 Å². The Morgan fingerprint density at radius 1 is 1.29 bits per heavy atom. The molecule has 0 aliphatic heterocycles. The van der Waals surface area contributed by atoms with Crippen LogP contribution in [0.15, 0.2) is 24.3 Å². The van der Waals surface area contributed by atoms with Crippen LogP contribution in [0.1, 0.15) is 40.2 Å². The molecule has 1 aromatic carbocycles. The Labute approximate surface area is 105 Å². The molecule has 96 valence electrons. The summed E-state index contributed by atoms with van der Waals surface area (Å²) in [5.74, 6) is 0.961. The van der Waals surface area contributed by atoms with Gasteiger partial charge in [-0.25, -0.2) is 0 Å². The molecule has 1 aromatic rings. The van der Waals surface area contributed by atoms with Crippen LogP contribution in [0, 0.1) is 0 Å². The third kappa shape index (κ3) is 4.78. The summed E-state index contributed by atoms with van der Waals surface area (Å²) in [5, 5.41) is 3.29. The third-order valence-corrected chi connectivity index (χ3v) is 2.72. The lowest BCUT2D eigenvalue weighted by Gasteiger charge is -2.21. The summed E-state index contributed by atoms with van der Waals surface area (Å²) in [4.78, 5) is 0. The zero-order valence-electron chi connectivity index (χ0n) is 11.7. The molecule has 0 spiro atoms. The van der Waals surface area contributed by atoms with E-state index in [4.69, 9.17) is 4.74 Å². The van der Waals surface area contributed by atoms with E-state index >= 15 is 0 Å². The summed E-state index contributed by atoms with van der Waals surface area (Å²) in [6.07, 6.45) is 0.199. The average molecular weight is 235 g/mol. The van der Waals surface area contributed by atoms with Crippen LogP contribution in [-0.2, 0) is 5.41 Å². The number of hydrogen-bond acceptors (Lipinski definition) is 2. The van der Waals surface area contributed by atoms with E-state index in [0.29, 0.717) is 0 Å². The molecule has 2 heteroatoms. The van der Waals surface area contributed by atoms with Gasteiger partial charge in [-0.05, 0) is 36.6 Å². The molecular weight excluding hydrogens is 210 g/mol. The molecule has 0 radical (unpaired) electrons. The minimum atomic E-state index is 0.171. The molecule has 0 fully saturated rings. The summed E-state index contributed by atoms with van der Waals surface area (Å²) in [6, 6.07) is 8.39. The molecule has 0 aliphatic carbocycles. The van der Waals surface area contributed by atoms with E-state index < -0.39 is 0 Å². The number of likely N-dealkylation sites (N-methyl/N-ethyl adjacent to an activating group) is 1. The zero-order valence-corrected chi connectivity index (χ0v) is 11.7. The Kier molecular flexibility index (Phi) is 5.01. The molecule has 1 atom stereocenters.